The van der Waals surface area contributed by atoms with Gasteiger partial charge in [-0.3, -0.25) is 5.43 Å². The molecule has 2 N–H and O–H groups in total. The van der Waals surface area contributed by atoms with Gasteiger partial charge in [0.25, 0.3) is 0 Å². The lowest BCUT2D eigenvalue weighted by atomic mass is 10.1. The Bertz CT molecular complexity index is 1220. The van der Waals surface area contributed by atoms with Crippen LogP contribution in [0.25, 0.3) is 16.9 Å². The van der Waals surface area contributed by atoms with Crippen LogP contribution in [0.4, 0.5) is 5.69 Å². The molecule has 0 unspecified atom stereocenters. The molecule has 0 bridgehead atoms. The number of benzene rings is 3. The molecule has 0 radical (unpaired) electrons. The van der Waals surface area contributed by atoms with Gasteiger partial charge >= 0.3 is 0 Å². The van der Waals surface area contributed by atoms with Gasteiger partial charge in [-0.05, 0) is 67.7 Å². The van der Waals surface area contributed by atoms with Crippen LogP contribution in [0.2, 0.25) is 0 Å². The fourth-order valence-electron chi connectivity index (χ4n) is 3.12. The van der Waals surface area contributed by atoms with Crippen LogP contribution in [-0.4, -0.2) is 28.2 Å². The molecule has 0 atom stereocenters. The van der Waals surface area contributed by atoms with Gasteiger partial charge in [0.05, 0.1) is 19.0 Å². The number of para-hydroxylation sites is 1. The lowest BCUT2D eigenvalue weighted by Crippen LogP contribution is -2.23. The van der Waals surface area contributed by atoms with Crippen molar-refractivity contribution < 1.29 is 4.74 Å². The number of hydrogen-bond donors (Lipinski definition) is 2. The summed E-state index contributed by atoms with van der Waals surface area (Å²) in [7, 11) is 1.65. The number of methoxy groups -OCH3 is 1. The molecule has 0 saturated heterocycles. The number of nitrogens with one attached hydrogen (secondary N) is 2. The van der Waals surface area contributed by atoms with E-state index in [1.807, 2.05) is 96.7 Å². The number of hydrogen-bond acceptors (Lipinski definition) is 4. The zero-order valence-corrected chi connectivity index (χ0v) is 18.6. The first-order valence-electron chi connectivity index (χ1n) is 10.1. The molecule has 0 fully saturated rings. The molecule has 0 aliphatic carbocycles. The predicted octanol–water partition coefficient (Wildman–Crippen LogP) is 5.18. The van der Waals surface area contributed by atoms with E-state index in [2.05, 4.69) is 15.8 Å². The van der Waals surface area contributed by atoms with Crippen LogP contribution in [0.5, 0.6) is 5.75 Å². The van der Waals surface area contributed by atoms with E-state index in [0.29, 0.717) is 5.11 Å². The summed E-state index contributed by atoms with van der Waals surface area (Å²) in [5.41, 5.74) is 8.55. The van der Waals surface area contributed by atoms with Gasteiger partial charge in [0.1, 0.15) is 11.4 Å². The number of rotatable bonds is 6. The molecule has 0 spiro atoms. The third kappa shape index (κ3) is 5.19. The van der Waals surface area contributed by atoms with Gasteiger partial charge in [0.15, 0.2) is 5.11 Å². The van der Waals surface area contributed by atoms with Crippen LogP contribution < -0.4 is 15.5 Å². The van der Waals surface area contributed by atoms with E-state index in [-0.39, 0.29) is 0 Å². The highest BCUT2D eigenvalue weighted by Gasteiger charge is 2.11. The third-order valence-electron chi connectivity index (χ3n) is 4.81. The van der Waals surface area contributed by atoms with Crippen molar-refractivity contribution in [2.45, 2.75) is 6.92 Å². The minimum absolute atomic E-state index is 0.409. The molecule has 0 amide bonds. The van der Waals surface area contributed by atoms with Crippen molar-refractivity contribution in [3.8, 4) is 22.7 Å². The van der Waals surface area contributed by atoms with Crippen LogP contribution in [-0.2, 0) is 0 Å². The number of anilines is 1. The smallest absolute Gasteiger partial charge is 0.191 e. The molecule has 0 aliphatic rings. The molecule has 0 saturated carbocycles. The van der Waals surface area contributed by atoms with E-state index in [0.717, 1.165) is 33.9 Å². The highest BCUT2D eigenvalue weighted by molar-refractivity contribution is 7.80. The Kier molecular flexibility index (Phi) is 6.57. The van der Waals surface area contributed by atoms with Gasteiger partial charge in [-0.2, -0.15) is 10.2 Å². The number of nitrogens with zero attached hydrogens (tertiary/aromatic N) is 3. The molecule has 1 heterocycles. The lowest BCUT2D eigenvalue weighted by Gasteiger charge is -2.07. The molecular formula is C25H23N5OS. The molecule has 4 rings (SSSR count). The highest BCUT2D eigenvalue weighted by Crippen LogP contribution is 2.25. The summed E-state index contributed by atoms with van der Waals surface area (Å²) >= 11 is 5.35. The van der Waals surface area contributed by atoms with Crippen LogP contribution >= 0.6 is 12.2 Å². The minimum atomic E-state index is 0.409. The van der Waals surface area contributed by atoms with E-state index in [9.17, 15) is 0 Å². The largest absolute Gasteiger partial charge is 0.497 e. The second kappa shape index (κ2) is 9.89. The van der Waals surface area contributed by atoms with Crippen molar-refractivity contribution in [3.63, 3.8) is 0 Å². The maximum absolute atomic E-state index is 5.35. The first-order valence-corrected chi connectivity index (χ1v) is 10.5. The second-order valence-electron chi connectivity index (χ2n) is 7.13. The molecule has 6 nitrogen and oxygen atoms in total. The Morgan fingerprint density at radius 2 is 1.72 bits per heavy atom. The van der Waals surface area contributed by atoms with E-state index >= 15 is 0 Å². The quantitative estimate of drug-likeness (QED) is 0.245. The Morgan fingerprint density at radius 3 is 2.41 bits per heavy atom. The van der Waals surface area contributed by atoms with E-state index in [1.165, 1.54) is 5.56 Å². The number of ether oxygens (including phenoxy) is 1. The molecule has 3 aromatic carbocycles. The standard InChI is InChI=1S/C25H23N5OS/c1-18-8-12-21(13-9-18)27-25(32)28-26-16-20-17-30(22-6-4-3-5-7-22)29-24(20)19-10-14-23(31-2)15-11-19/h3-17H,1-2H3,(H2,27,28,32)/b26-16-. The molecular weight excluding hydrogens is 418 g/mol. The zero-order chi connectivity index (χ0) is 22.3. The number of aryl methyl sites for hydroxylation is 1. The summed E-state index contributed by atoms with van der Waals surface area (Å²) in [6, 6.07) is 25.7. The Labute approximate surface area is 192 Å². The van der Waals surface area contributed by atoms with Crippen LogP contribution in [0.15, 0.2) is 90.2 Å². The molecule has 32 heavy (non-hydrogen) atoms. The maximum Gasteiger partial charge on any atom is 0.191 e. The van der Waals surface area contributed by atoms with Crippen LogP contribution in [0, 0.1) is 6.92 Å². The van der Waals surface area contributed by atoms with E-state index < -0.39 is 0 Å². The maximum atomic E-state index is 5.35. The van der Waals surface area contributed by atoms with Crippen molar-refractivity contribution in [2.24, 2.45) is 5.10 Å². The molecule has 4 aromatic rings. The fourth-order valence-corrected chi connectivity index (χ4v) is 3.29. The fraction of sp³-hybridized carbons (Fsp3) is 0.0800. The second-order valence-corrected chi connectivity index (χ2v) is 7.54. The number of thiocarbonyl (C=S) groups is 1. The van der Waals surface area contributed by atoms with Gasteiger partial charge in [-0.25, -0.2) is 4.68 Å². The lowest BCUT2D eigenvalue weighted by molar-refractivity contribution is 0.415. The predicted molar refractivity (Wildman–Crippen MR) is 134 cm³/mol. The monoisotopic (exact) mass is 441 g/mol. The third-order valence-corrected chi connectivity index (χ3v) is 5.00. The SMILES string of the molecule is COc1ccc(-c2nn(-c3ccccc3)cc2/C=N\NC(=S)Nc2ccc(C)cc2)cc1. The first-order chi connectivity index (χ1) is 15.6. The summed E-state index contributed by atoms with van der Waals surface area (Å²) < 4.78 is 7.11. The minimum Gasteiger partial charge on any atom is -0.497 e. The van der Waals surface area contributed by atoms with Crippen molar-refractivity contribution in [3.05, 3.63) is 96.2 Å². The summed E-state index contributed by atoms with van der Waals surface area (Å²) in [5.74, 6) is 0.792. The Hall–Kier alpha value is -3.97. The zero-order valence-electron chi connectivity index (χ0n) is 17.8. The average molecular weight is 442 g/mol. The summed E-state index contributed by atoms with van der Waals surface area (Å²) in [6.07, 6.45) is 3.66. The van der Waals surface area contributed by atoms with Gasteiger partial charge in [-0.1, -0.05) is 35.9 Å². The Balaban J connectivity index is 1.56. The van der Waals surface area contributed by atoms with Crippen molar-refractivity contribution in [2.75, 3.05) is 12.4 Å². The topological polar surface area (TPSA) is 63.5 Å². The average Bonchev–Trinajstić information content (AvgIpc) is 3.25. The normalized spacial score (nSPS) is 10.8. The molecule has 0 aliphatic heterocycles. The van der Waals surface area contributed by atoms with Gasteiger partial charge in [0.2, 0.25) is 0 Å². The summed E-state index contributed by atoms with van der Waals surface area (Å²) in [6.45, 7) is 2.04. The van der Waals surface area contributed by atoms with Gasteiger partial charge in [-0.15, -0.1) is 0 Å². The summed E-state index contributed by atoms with van der Waals surface area (Å²) in [5, 5.41) is 12.6. The highest BCUT2D eigenvalue weighted by atomic mass is 32.1. The van der Waals surface area contributed by atoms with Crippen molar-refractivity contribution in [1.82, 2.24) is 15.2 Å². The molecule has 7 heteroatoms. The molecule has 160 valence electrons. The van der Waals surface area contributed by atoms with E-state index in [1.54, 1.807) is 13.3 Å². The van der Waals surface area contributed by atoms with Crippen molar-refractivity contribution in [1.29, 1.82) is 0 Å². The van der Waals surface area contributed by atoms with Crippen LogP contribution in [0.1, 0.15) is 11.1 Å². The van der Waals surface area contributed by atoms with Crippen LogP contribution in [0.3, 0.4) is 0 Å². The van der Waals surface area contributed by atoms with Crippen molar-refractivity contribution >= 4 is 29.2 Å². The first kappa shape index (κ1) is 21.3. The van der Waals surface area contributed by atoms with E-state index in [4.69, 9.17) is 22.1 Å². The Morgan fingerprint density at radius 1 is 1.00 bits per heavy atom. The summed E-state index contributed by atoms with van der Waals surface area (Å²) in [4.78, 5) is 0. The van der Waals surface area contributed by atoms with Gasteiger partial charge < -0.3 is 10.1 Å². The van der Waals surface area contributed by atoms with Gasteiger partial charge in [0, 0.05) is 23.0 Å². The molecule has 1 aromatic heterocycles. The number of aromatic nitrogens is 2. The number of hydrazone groups is 1.